The van der Waals surface area contributed by atoms with Crippen LogP contribution in [0.5, 0.6) is 0 Å². The fourth-order valence-electron chi connectivity index (χ4n) is 2.59. The van der Waals surface area contributed by atoms with Gasteiger partial charge in [-0.3, -0.25) is 4.79 Å². The molecule has 0 saturated heterocycles. The van der Waals surface area contributed by atoms with Gasteiger partial charge in [0.1, 0.15) is 5.70 Å². The fraction of sp³-hybridized carbons (Fsp3) is 0.158. The molecule has 5 nitrogen and oxygen atoms in total. The second-order valence-electron chi connectivity index (χ2n) is 5.57. The summed E-state index contributed by atoms with van der Waals surface area (Å²) in [5.74, 6) is -0.834. The second-order valence-corrected chi connectivity index (χ2v) is 6.45. The molecule has 0 saturated carbocycles. The van der Waals surface area contributed by atoms with E-state index in [1.165, 1.54) is 4.90 Å². The van der Waals surface area contributed by atoms with E-state index in [4.69, 9.17) is 27.9 Å². The van der Waals surface area contributed by atoms with Gasteiger partial charge in [-0.2, -0.15) is 0 Å². The Morgan fingerprint density at radius 2 is 1.65 bits per heavy atom. The van der Waals surface area contributed by atoms with E-state index in [9.17, 15) is 9.59 Å². The lowest BCUT2D eigenvalue weighted by Gasteiger charge is -2.17. The highest BCUT2D eigenvalue weighted by molar-refractivity contribution is 6.31. The molecule has 0 bridgehead atoms. The van der Waals surface area contributed by atoms with Crippen molar-refractivity contribution < 1.29 is 14.3 Å². The molecule has 7 heteroatoms. The van der Waals surface area contributed by atoms with Gasteiger partial charge in [-0.15, -0.1) is 0 Å². The number of rotatable bonds is 5. The van der Waals surface area contributed by atoms with Crippen molar-refractivity contribution in [1.82, 2.24) is 0 Å². The molecule has 1 N–H and O–H groups in total. The first-order valence-electron chi connectivity index (χ1n) is 8.00. The van der Waals surface area contributed by atoms with E-state index in [0.29, 0.717) is 21.4 Å². The third-order valence-corrected chi connectivity index (χ3v) is 4.35. The minimum atomic E-state index is -0.520. The number of nitrogens with one attached hydrogen (secondary N) is 1. The molecule has 0 fully saturated rings. The minimum Gasteiger partial charge on any atom is -0.463 e. The lowest BCUT2D eigenvalue weighted by Crippen LogP contribution is -2.28. The Balaban J connectivity index is 1.93. The van der Waals surface area contributed by atoms with Crippen molar-refractivity contribution in [1.29, 1.82) is 0 Å². The molecule has 0 spiro atoms. The van der Waals surface area contributed by atoms with Crippen molar-refractivity contribution in [3.63, 3.8) is 0 Å². The molecule has 1 aliphatic heterocycles. The van der Waals surface area contributed by atoms with E-state index in [1.54, 1.807) is 55.5 Å². The Kier molecular flexibility index (Phi) is 5.49. The van der Waals surface area contributed by atoms with E-state index in [-0.39, 0.29) is 30.3 Å². The number of halogens is 2. The number of carbonyl (C=O) groups is 2. The number of nitrogens with zero attached hydrogens (tertiary/aromatic N) is 1. The van der Waals surface area contributed by atoms with Crippen molar-refractivity contribution in [2.45, 2.75) is 6.92 Å². The van der Waals surface area contributed by atoms with Crippen LogP contribution in [0.2, 0.25) is 10.0 Å². The van der Waals surface area contributed by atoms with Crippen LogP contribution in [0.25, 0.3) is 0 Å². The highest BCUT2D eigenvalue weighted by atomic mass is 35.5. The van der Waals surface area contributed by atoms with Gasteiger partial charge in [0.25, 0.3) is 5.91 Å². The number of carbonyl (C=O) groups excluding carboxylic acids is 2. The van der Waals surface area contributed by atoms with Gasteiger partial charge in [0, 0.05) is 21.4 Å². The van der Waals surface area contributed by atoms with Crippen LogP contribution in [0.15, 0.2) is 59.8 Å². The summed E-state index contributed by atoms with van der Waals surface area (Å²) in [6, 6.07) is 13.7. The molecule has 2 aromatic carbocycles. The average molecular weight is 391 g/mol. The Hall–Kier alpha value is -2.50. The zero-order chi connectivity index (χ0) is 18.7. The SMILES string of the molecule is CCOC(=O)C1=C(Nc2ccc(Cl)cc2)C(=O)N(c2ccc(Cl)cc2)C1. The molecule has 134 valence electrons. The lowest BCUT2D eigenvalue weighted by molar-refractivity contribution is -0.138. The molecule has 0 atom stereocenters. The number of hydrogen-bond donors (Lipinski definition) is 1. The maximum absolute atomic E-state index is 12.9. The zero-order valence-corrected chi connectivity index (χ0v) is 15.5. The molecule has 0 aromatic heterocycles. The average Bonchev–Trinajstić information content (AvgIpc) is 2.95. The largest absolute Gasteiger partial charge is 0.463 e. The van der Waals surface area contributed by atoms with Crippen LogP contribution in [0.3, 0.4) is 0 Å². The Bertz CT molecular complexity index is 861. The number of ether oxygens (including phenoxy) is 1. The van der Waals surface area contributed by atoms with Crippen LogP contribution >= 0.6 is 23.2 Å². The highest BCUT2D eigenvalue weighted by Crippen LogP contribution is 2.29. The first kappa shape index (κ1) is 18.3. The summed E-state index contributed by atoms with van der Waals surface area (Å²) in [7, 11) is 0. The van der Waals surface area contributed by atoms with Gasteiger partial charge in [0.15, 0.2) is 0 Å². The van der Waals surface area contributed by atoms with Crippen LogP contribution in [-0.2, 0) is 14.3 Å². The quantitative estimate of drug-likeness (QED) is 0.774. The molecule has 0 aliphatic carbocycles. The summed E-state index contributed by atoms with van der Waals surface area (Å²) >= 11 is 11.8. The summed E-state index contributed by atoms with van der Waals surface area (Å²) in [6.45, 7) is 2.07. The molecule has 26 heavy (non-hydrogen) atoms. The molecule has 1 aliphatic rings. The molecule has 2 aromatic rings. The van der Waals surface area contributed by atoms with E-state index in [1.807, 2.05) is 0 Å². The molecule has 0 radical (unpaired) electrons. The molecular formula is C19H16Cl2N2O3. The van der Waals surface area contributed by atoms with Crippen LogP contribution in [0, 0.1) is 0 Å². The fourth-order valence-corrected chi connectivity index (χ4v) is 2.85. The van der Waals surface area contributed by atoms with E-state index in [0.717, 1.165) is 0 Å². The van der Waals surface area contributed by atoms with Gasteiger partial charge >= 0.3 is 5.97 Å². The monoisotopic (exact) mass is 390 g/mol. The molecular weight excluding hydrogens is 375 g/mol. The summed E-state index contributed by atoms with van der Waals surface area (Å²) in [4.78, 5) is 26.8. The lowest BCUT2D eigenvalue weighted by atomic mass is 10.2. The maximum atomic E-state index is 12.9. The predicted octanol–water partition coefficient (Wildman–Crippen LogP) is 4.27. The Morgan fingerprint density at radius 1 is 1.08 bits per heavy atom. The van der Waals surface area contributed by atoms with Crippen molar-refractivity contribution in [3.05, 3.63) is 69.8 Å². The van der Waals surface area contributed by atoms with Crippen molar-refractivity contribution in [2.24, 2.45) is 0 Å². The molecule has 0 unspecified atom stereocenters. The van der Waals surface area contributed by atoms with Crippen molar-refractivity contribution in [2.75, 3.05) is 23.4 Å². The van der Waals surface area contributed by atoms with Crippen LogP contribution < -0.4 is 10.2 Å². The van der Waals surface area contributed by atoms with Crippen LogP contribution in [0.4, 0.5) is 11.4 Å². The predicted molar refractivity (Wildman–Crippen MR) is 103 cm³/mol. The van der Waals surface area contributed by atoms with E-state index in [2.05, 4.69) is 5.32 Å². The second kappa shape index (κ2) is 7.81. The number of esters is 1. The van der Waals surface area contributed by atoms with Gasteiger partial charge in [-0.05, 0) is 55.5 Å². The van der Waals surface area contributed by atoms with E-state index < -0.39 is 5.97 Å². The molecule has 3 rings (SSSR count). The van der Waals surface area contributed by atoms with Crippen molar-refractivity contribution in [3.8, 4) is 0 Å². The number of amides is 1. The Morgan fingerprint density at radius 3 is 2.23 bits per heavy atom. The smallest absolute Gasteiger partial charge is 0.338 e. The maximum Gasteiger partial charge on any atom is 0.338 e. The summed E-state index contributed by atoms with van der Waals surface area (Å²) in [5, 5.41) is 4.17. The minimum absolute atomic E-state index is 0.120. The Labute approximate surface area is 161 Å². The van der Waals surface area contributed by atoms with Gasteiger partial charge in [0.05, 0.1) is 18.7 Å². The van der Waals surface area contributed by atoms with Gasteiger partial charge in [-0.1, -0.05) is 23.2 Å². The number of anilines is 2. The van der Waals surface area contributed by atoms with Crippen molar-refractivity contribution >= 4 is 46.5 Å². The summed E-state index contributed by atoms with van der Waals surface area (Å²) < 4.78 is 5.11. The van der Waals surface area contributed by atoms with Crippen LogP contribution in [-0.4, -0.2) is 25.0 Å². The van der Waals surface area contributed by atoms with Crippen LogP contribution in [0.1, 0.15) is 6.92 Å². The summed E-state index contributed by atoms with van der Waals surface area (Å²) in [5.41, 5.74) is 1.77. The third-order valence-electron chi connectivity index (χ3n) is 3.85. The number of hydrogen-bond acceptors (Lipinski definition) is 4. The first-order chi connectivity index (χ1) is 12.5. The van der Waals surface area contributed by atoms with Gasteiger partial charge in [-0.25, -0.2) is 4.79 Å². The number of benzene rings is 2. The molecule has 1 heterocycles. The topological polar surface area (TPSA) is 58.6 Å². The third kappa shape index (κ3) is 3.84. The summed E-state index contributed by atoms with van der Waals surface area (Å²) in [6.07, 6.45) is 0. The first-order valence-corrected chi connectivity index (χ1v) is 8.75. The highest BCUT2D eigenvalue weighted by Gasteiger charge is 2.35. The molecule has 1 amide bonds. The zero-order valence-electron chi connectivity index (χ0n) is 14.0. The normalized spacial score (nSPS) is 14.0. The van der Waals surface area contributed by atoms with Gasteiger partial charge < -0.3 is 15.0 Å². The standard InChI is InChI=1S/C19H16Cl2N2O3/c1-2-26-19(25)16-11-23(15-9-5-13(21)6-10-15)18(24)17(16)22-14-7-3-12(20)4-8-14/h3-10,22H,2,11H2,1H3. The van der Waals surface area contributed by atoms with Gasteiger partial charge in [0.2, 0.25) is 0 Å². The van der Waals surface area contributed by atoms with E-state index >= 15 is 0 Å².